The Morgan fingerprint density at radius 1 is 1.47 bits per heavy atom. The minimum absolute atomic E-state index is 0.103. The maximum atomic E-state index is 12.0. The van der Waals surface area contributed by atoms with Crippen LogP contribution in [0, 0.1) is 5.41 Å². The summed E-state index contributed by atoms with van der Waals surface area (Å²) in [6, 6.07) is 5.49. The van der Waals surface area contributed by atoms with Crippen molar-refractivity contribution in [2.75, 3.05) is 7.11 Å². The Morgan fingerprint density at radius 3 is 2.60 bits per heavy atom. The summed E-state index contributed by atoms with van der Waals surface area (Å²) in [5.41, 5.74) is 0.663. The van der Waals surface area contributed by atoms with Crippen molar-refractivity contribution in [3.05, 3.63) is 28.2 Å². The molecular formula is C12H13BrO2. The van der Waals surface area contributed by atoms with Gasteiger partial charge in [0, 0.05) is 11.0 Å². The van der Waals surface area contributed by atoms with Crippen molar-refractivity contribution in [1.82, 2.24) is 0 Å². The molecule has 1 aliphatic carbocycles. The lowest BCUT2D eigenvalue weighted by atomic mass is 9.97. The van der Waals surface area contributed by atoms with Crippen LogP contribution in [0.2, 0.25) is 0 Å². The Hall–Kier alpha value is -0.830. The van der Waals surface area contributed by atoms with Crippen molar-refractivity contribution in [1.29, 1.82) is 0 Å². The van der Waals surface area contributed by atoms with Gasteiger partial charge in [0.2, 0.25) is 0 Å². The van der Waals surface area contributed by atoms with Crippen LogP contribution in [0.15, 0.2) is 22.7 Å². The van der Waals surface area contributed by atoms with E-state index in [2.05, 4.69) is 15.9 Å². The van der Waals surface area contributed by atoms with Gasteiger partial charge in [-0.3, -0.25) is 4.79 Å². The molecule has 1 aromatic carbocycles. The number of methoxy groups -OCH3 is 1. The Morgan fingerprint density at radius 2 is 2.13 bits per heavy atom. The second-order valence-electron chi connectivity index (χ2n) is 4.24. The number of carbonyl (C=O) groups excluding carboxylic acids is 1. The third kappa shape index (κ3) is 1.93. The van der Waals surface area contributed by atoms with Gasteiger partial charge in [0.25, 0.3) is 0 Å². The highest BCUT2D eigenvalue weighted by Gasteiger charge is 2.44. The molecular weight excluding hydrogens is 256 g/mol. The number of carbonyl (C=O) groups is 1. The van der Waals surface area contributed by atoms with Gasteiger partial charge in [0.05, 0.1) is 11.6 Å². The standard InChI is InChI=1S/C12H13BrO2/c1-12(5-6-12)11(14)8-3-4-10(15-2)9(13)7-8/h3-4,7H,5-6H2,1-2H3. The van der Waals surface area contributed by atoms with Crippen molar-refractivity contribution in [3.8, 4) is 5.75 Å². The summed E-state index contributed by atoms with van der Waals surface area (Å²) in [5.74, 6) is 0.998. The van der Waals surface area contributed by atoms with Gasteiger partial charge < -0.3 is 4.74 Å². The predicted molar refractivity (Wildman–Crippen MR) is 62.4 cm³/mol. The normalized spacial score (nSPS) is 17.3. The molecule has 2 nitrogen and oxygen atoms in total. The molecule has 0 radical (unpaired) electrons. The van der Waals surface area contributed by atoms with Crippen LogP contribution in [0.25, 0.3) is 0 Å². The zero-order valence-electron chi connectivity index (χ0n) is 8.84. The molecule has 0 bridgehead atoms. The largest absolute Gasteiger partial charge is 0.496 e. The first-order chi connectivity index (χ1) is 7.07. The molecule has 2 rings (SSSR count). The van der Waals surface area contributed by atoms with Gasteiger partial charge in [-0.05, 0) is 47.0 Å². The van der Waals surface area contributed by atoms with E-state index in [1.54, 1.807) is 7.11 Å². The number of benzene rings is 1. The fourth-order valence-electron chi connectivity index (χ4n) is 1.57. The second kappa shape index (κ2) is 3.63. The molecule has 3 heteroatoms. The Balaban J connectivity index is 2.30. The number of Topliss-reactive ketones (excluding diaryl/α,β-unsaturated/α-hetero) is 1. The average molecular weight is 269 g/mol. The molecule has 0 saturated heterocycles. The fourth-order valence-corrected chi connectivity index (χ4v) is 2.11. The van der Waals surface area contributed by atoms with Gasteiger partial charge in [-0.2, -0.15) is 0 Å². The smallest absolute Gasteiger partial charge is 0.168 e. The van der Waals surface area contributed by atoms with E-state index in [1.807, 2.05) is 25.1 Å². The maximum absolute atomic E-state index is 12.0. The highest BCUT2D eigenvalue weighted by molar-refractivity contribution is 9.10. The SMILES string of the molecule is COc1ccc(C(=O)C2(C)CC2)cc1Br. The van der Waals surface area contributed by atoms with Crippen LogP contribution >= 0.6 is 15.9 Å². The topological polar surface area (TPSA) is 26.3 Å². The van der Waals surface area contributed by atoms with Gasteiger partial charge in [0.1, 0.15) is 5.75 Å². The first kappa shape index (κ1) is 10.7. The molecule has 1 aromatic rings. The summed E-state index contributed by atoms with van der Waals surface area (Å²) in [4.78, 5) is 12.0. The third-order valence-electron chi connectivity index (χ3n) is 2.96. The van der Waals surface area contributed by atoms with E-state index >= 15 is 0 Å². The molecule has 0 N–H and O–H groups in total. The average Bonchev–Trinajstić information content (AvgIpc) is 2.96. The Kier molecular flexibility index (Phi) is 2.59. The third-order valence-corrected chi connectivity index (χ3v) is 3.58. The quantitative estimate of drug-likeness (QED) is 0.786. The van der Waals surface area contributed by atoms with Crippen LogP contribution in [-0.2, 0) is 0 Å². The summed E-state index contributed by atoms with van der Waals surface area (Å²) in [7, 11) is 1.61. The number of halogens is 1. The molecule has 0 atom stereocenters. The van der Waals surface area contributed by atoms with Crippen LogP contribution in [-0.4, -0.2) is 12.9 Å². The van der Waals surface area contributed by atoms with Crippen molar-refractivity contribution >= 4 is 21.7 Å². The Labute approximate surface area is 97.8 Å². The van der Waals surface area contributed by atoms with Gasteiger partial charge in [-0.15, -0.1) is 0 Å². The molecule has 15 heavy (non-hydrogen) atoms. The second-order valence-corrected chi connectivity index (χ2v) is 5.09. The van der Waals surface area contributed by atoms with Gasteiger partial charge in [-0.1, -0.05) is 6.92 Å². The molecule has 0 heterocycles. The van der Waals surface area contributed by atoms with E-state index in [9.17, 15) is 4.79 Å². The van der Waals surface area contributed by atoms with Crippen molar-refractivity contribution in [2.24, 2.45) is 5.41 Å². The number of hydrogen-bond donors (Lipinski definition) is 0. The van der Waals surface area contributed by atoms with Gasteiger partial charge in [-0.25, -0.2) is 0 Å². The molecule has 1 fully saturated rings. The summed E-state index contributed by atoms with van der Waals surface area (Å²) in [6.07, 6.45) is 2.02. The lowest BCUT2D eigenvalue weighted by Crippen LogP contribution is -2.11. The molecule has 0 spiro atoms. The minimum Gasteiger partial charge on any atom is -0.496 e. The highest BCUT2D eigenvalue weighted by atomic mass is 79.9. The van der Waals surface area contributed by atoms with Crippen LogP contribution in [0.1, 0.15) is 30.1 Å². The molecule has 0 aromatic heterocycles. The van der Waals surface area contributed by atoms with E-state index in [-0.39, 0.29) is 11.2 Å². The van der Waals surface area contributed by atoms with Crippen molar-refractivity contribution in [3.63, 3.8) is 0 Å². The van der Waals surface area contributed by atoms with Crippen LogP contribution in [0.5, 0.6) is 5.75 Å². The number of ether oxygens (including phenoxy) is 1. The predicted octanol–water partition coefficient (Wildman–Crippen LogP) is 3.44. The minimum atomic E-state index is -0.103. The number of ketones is 1. The molecule has 1 aliphatic rings. The number of rotatable bonds is 3. The zero-order chi connectivity index (χ0) is 11.1. The van der Waals surface area contributed by atoms with Crippen LogP contribution < -0.4 is 4.74 Å². The van der Waals surface area contributed by atoms with Gasteiger partial charge >= 0.3 is 0 Å². The van der Waals surface area contributed by atoms with E-state index in [1.165, 1.54) is 0 Å². The zero-order valence-corrected chi connectivity index (χ0v) is 10.4. The van der Waals surface area contributed by atoms with E-state index in [0.717, 1.165) is 28.6 Å². The number of hydrogen-bond acceptors (Lipinski definition) is 2. The van der Waals surface area contributed by atoms with Crippen LogP contribution in [0.4, 0.5) is 0 Å². The fraction of sp³-hybridized carbons (Fsp3) is 0.417. The van der Waals surface area contributed by atoms with Crippen molar-refractivity contribution < 1.29 is 9.53 Å². The van der Waals surface area contributed by atoms with E-state index in [0.29, 0.717) is 0 Å². The molecule has 0 unspecified atom stereocenters. The van der Waals surface area contributed by atoms with Crippen molar-refractivity contribution in [2.45, 2.75) is 19.8 Å². The highest BCUT2D eigenvalue weighted by Crippen LogP contribution is 2.47. The summed E-state index contributed by atoms with van der Waals surface area (Å²) in [6.45, 7) is 2.02. The maximum Gasteiger partial charge on any atom is 0.168 e. The molecule has 0 amide bonds. The van der Waals surface area contributed by atoms with E-state index < -0.39 is 0 Å². The van der Waals surface area contributed by atoms with Crippen LogP contribution in [0.3, 0.4) is 0 Å². The summed E-state index contributed by atoms with van der Waals surface area (Å²) < 4.78 is 5.96. The lowest BCUT2D eigenvalue weighted by molar-refractivity contribution is 0.0912. The summed E-state index contributed by atoms with van der Waals surface area (Å²) >= 11 is 3.39. The first-order valence-corrected chi connectivity index (χ1v) is 5.74. The molecule has 0 aliphatic heterocycles. The van der Waals surface area contributed by atoms with Gasteiger partial charge in [0.15, 0.2) is 5.78 Å². The first-order valence-electron chi connectivity index (χ1n) is 4.95. The summed E-state index contributed by atoms with van der Waals surface area (Å²) in [5, 5.41) is 0. The monoisotopic (exact) mass is 268 g/mol. The molecule has 1 saturated carbocycles. The van der Waals surface area contributed by atoms with E-state index in [4.69, 9.17) is 4.74 Å². The lowest BCUT2D eigenvalue weighted by Gasteiger charge is -2.09. The molecule has 80 valence electrons. The Bertz CT molecular complexity index is 408.